The van der Waals surface area contributed by atoms with Crippen molar-refractivity contribution in [3.8, 4) is 0 Å². The van der Waals surface area contributed by atoms with E-state index in [1.165, 1.54) is 0 Å². The van der Waals surface area contributed by atoms with Crippen molar-refractivity contribution in [1.29, 1.82) is 0 Å². The summed E-state index contributed by atoms with van der Waals surface area (Å²) < 4.78 is 31.1. The second-order valence-electron chi connectivity index (χ2n) is 5.27. The number of aryl methyl sites for hydroxylation is 1. The van der Waals surface area contributed by atoms with Crippen LogP contribution in [0.3, 0.4) is 0 Å². The second kappa shape index (κ2) is 6.70. The Hall–Kier alpha value is -0.910. The zero-order valence-corrected chi connectivity index (χ0v) is 12.9. The summed E-state index contributed by atoms with van der Waals surface area (Å²) in [6, 6.07) is 7.14. The minimum atomic E-state index is -3.36. The quantitative estimate of drug-likeness (QED) is 0.902. The van der Waals surface area contributed by atoms with Crippen molar-refractivity contribution in [2.75, 3.05) is 19.8 Å². The molecule has 2 atom stereocenters. The van der Waals surface area contributed by atoms with Gasteiger partial charge in [-0.1, -0.05) is 25.1 Å². The van der Waals surface area contributed by atoms with Crippen LogP contribution >= 0.6 is 0 Å². The minimum Gasteiger partial charge on any atom is -0.380 e. The Balaban J connectivity index is 2.28. The Morgan fingerprint density at radius 3 is 2.80 bits per heavy atom. The van der Waals surface area contributed by atoms with Gasteiger partial charge in [0.15, 0.2) is 9.84 Å². The maximum atomic E-state index is 12.9. The van der Waals surface area contributed by atoms with Gasteiger partial charge in [0.25, 0.3) is 0 Å². The molecule has 0 amide bonds. The molecule has 1 N–H and O–H groups in total. The number of hydrogen-bond acceptors (Lipinski definition) is 4. The highest BCUT2D eigenvalue weighted by molar-refractivity contribution is 7.92. The van der Waals surface area contributed by atoms with Gasteiger partial charge in [0, 0.05) is 12.6 Å². The molecule has 1 aliphatic rings. The molecule has 1 aromatic rings. The van der Waals surface area contributed by atoms with Crippen molar-refractivity contribution in [2.45, 2.75) is 42.9 Å². The summed E-state index contributed by atoms with van der Waals surface area (Å²) >= 11 is 0. The van der Waals surface area contributed by atoms with Gasteiger partial charge in [-0.2, -0.15) is 0 Å². The van der Waals surface area contributed by atoms with Gasteiger partial charge in [-0.3, -0.25) is 0 Å². The Morgan fingerprint density at radius 2 is 2.10 bits per heavy atom. The van der Waals surface area contributed by atoms with Crippen LogP contribution in [-0.4, -0.2) is 39.5 Å². The lowest BCUT2D eigenvalue weighted by atomic mass is 10.1. The van der Waals surface area contributed by atoms with E-state index < -0.39 is 15.1 Å². The molecular formula is C15H23NO3S. The Kier molecular flexibility index (Phi) is 5.18. The second-order valence-corrected chi connectivity index (χ2v) is 7.41. The van der Waals surface area contributed by atoms with Gasteiger partial charge >= 0.3 is 0 Å². The van der Waals surface area contributed by atoms with E-state index in [1.807, 2.05) is 19.1 Å². The largest absolute Gasteiger partial charge is 0.380 e. The van der Waals surface area contributed by atoms with Crippen molar-refractivity contribution >= 4 is 9.84 Å². The van der Waals surface area contributed by atoms with Gasteiger partial charge in [0.2, 0.25) is 0 Å². The van der Waals surface area contributed by atoms with Gasteiger partial charge in [-0.25, -0.2) is 8.42 Å². The Bertz CT molecular complexity index is 542. The average molecular weight is 297 g/mol. The maximum Gasteiger partial charge on any atom is 0.185 e. The lowest BCUT2D eigenvalue weighted by Gasteiger charge is -2.32. The molecule has 1 aromatic carbocycles. The van der Waals surface area contributed by atoms with E-state index in [0.717, 1.165) is 24.9 Å². The lowest BCUT2D eigenvalue weighted by Crippen LogP contribution is -2.50. The molecule has 0 spiro atoms. The van der Waals surface area contributed by atoms with Crippen LogP contribution in [0.4, 0.5) is 0 Å². The van der Waals surface area contributed by atoms with E-state index >= 15 is 0 Å². The van der Waals surface area contributed by atoms with Crippen LogP contribution in [-0.2, 0) is 14.6 Å². The first-order valence-electron chi connectivity index (χ1n) is 7.18. The predicted octanol–water partition coefficient (Wildman–Crippen LogP) is 1.93. The maximum absolute atomic E-state index is 12.9. The molecule has 5 heteroatoms. The molecule has 1 saturated heterocycles. The van der Waals surface area contributed by atoms with E-state index in [9.17, 15) is 8.42 Å². The molecule has 1 heterocycles. The summed E-state index contributed by atoms with van der Waals surface area (Å²) in [6.45, 7) is 5.66. The van der Waals surface area contributed by atoms with Crippen LogP contribution in [0.1, 0.15) is 25.3 Å². The fraction of sp³-hybridized carbons (Fsp3) is 0.600. The molecule has 0 saturated carbocycles. The zero-order chi connectivity index (χ0) is 14.6. The van der Waals surface area contributed by atoms with Crippen LogP contribution in [0.15, 0.2) is 29.2 Å². The summed E-state index contributed by atoms with van der Waals surface area (Å²) in [4.78, 5) is 0.429. The summed E-state index contributed by atoms with van der Waals surface area (Å²) in [7, 11) is -3.36. The number of hydrogen-bond donors (Lipinski definition) is 1. The first-order valence-corrected chi connectivity index (χ1v) is 8.72. The van der Waals surface area contributed by atoms with Crippen molar-refractivity contribution in [3.63, 3.8) is 0 Å². The highest BCUT2D eigenvalue weighted by Crippen LogP contribution is 2.25. The molecule has 0 bridgehead atoms. The van der Waals surface area contributed by atoms with E-state index in [0.29, 0.717) is 11.5 Å². The summed E-state index contributed by atoms with van der Waals surface area (Å²) in [5.74, 6) is 0. The topological polar surface area (TPSA) is 55.4 Å². The molecule has 2 rings (SSSR count). The van der Waals surface area contributed by atoms with Crippen LogP contribution in [0, 0.1) is 6.92 Å². The van der Waals surface area contributed by atoms with Gasteiger partial charge in [0.05, 0.1) is 11.5 Å². The average Bonchev–Trinajstić information content (AvgIpc) is 2.45. The summed E-state index contributed by atoms with van der Waals surface area (Å²) in [5.41, 5.74) is 0.798. The number of benzene rings is 1. The minimum absolute atomic E-state index is 0.0201. The van der Waals surface area contributed by atoms with Crippen molar-refractivity contribution in [3.05, 3.63) is 29.8 Å². The highest BCUT2D eigenvalue weighted by atomic mass is 32.2. The number of nitrogens with one attached hydrogen (secondary N) is 1. The molecule has 1 fully saturated rings. The predicted molar refractivity (Wildman–Crippen MR) is 79.7 cm³/mol. The van der Waals surface area contributed by atoms with Gasteiger partial charge in [-0.15, -0.1) is 0 Å². The number of rotatable bonds is 5. The monoisotopic (exact) mass is 297 g/mol. The number of sulfone groups is 1. The summed E-state index contributed by atoms with van der Waals surface area (Å²) in [6.07, 6.45) is 1.74. The van der Waals surface area contributed by atoms with Crippen LogP contribution in [0.25, 0.3) is 0 Å². The van der Waals surface area contributed by atoms with Gasteiger partial charge in [-0.05, 0) is 37.9 Å². The normalized spacial score (nSPS) is 23.7. The highest BCUT2D eigenvalue weighted by Gasteiger charge is 2.37. The standard InChI is InChI=1S/C15H23NO3S/c1-3-9-16-13-8-10-19-11-15(13)20(17,18)14-7-5-4-6-12(14)2/h4-7,13,15-16H,3,8-11H2,1-2H3. The lowest BCUT2D eigenvalue weighted by molar-refractivity contribution is 0.0808. The van der Waals surface area contributed by atoms with Crippen LogP contribution in [0.2, 0.25) is 0 Å². The smallest absolute Gasteiger partial charge is 0.185 e. The Labute approximate surface area is 121 Å². The third kappa shape index (κ3) is 3.22. The molecular weight excluding hydrogens is 274 g/mol. The van der Waals surface area contributed by atoms with Gasteiger partial charge in [0.1, 0.15) is 5.25 Å². The van der Waals surface area contributed by atoms with Crippen LogP contribution in [0.5, 0.6) is 0 Å². The van der Waals surface area contributed by atoms with E-state index in [2.05, 4.69) is 12.2 Å². The van der Waals surface area contributed by atoms with Gasteiger partial charge < -0.3 is 10.1 Å². The molecule has 0 radical (unpaired) electrons. The SMILES string of the molecule is CCCNC1CCOCC1S(=O)(=O)c1ccccc1C. The molecule has 2 unspecified atom stereocenters. The van der Waals surface area contributed by atoms with E-state index in [-0.39, 0.29) is 12.6 Å². The van der Waals surface area contributed by atoms with E-state index in [4.69, 9.17) is 4.74 Å². The van der Waals surface area contributed by atoms with Crippen molar-refractivity contribution in [2.24, 2.45) is 0 Å². The van der Waals surface area contributed by atoms with Crippen molar-refractivity contribution < 1.29 is 13.2 Å². The molecule has 0 aromatic heterocycles. The molecule has 4 nitrogen and oxygen atoms in total. The Morgan fingerprint density at radius 1 is 1.35 bits per heavy atom. The summed E-state index contributed by atoms with van der Waals surface area (Å²) in [5, 5.41) is 2.86. The fourth-order valence-corrected chi connectivity index (χ4v) is 4.67. The first-order chi connectivity index (χ1) is 9.57. The molecule has 1 aliphatic heterocycles. The molecule has 112 valence electrons. The zero-order valence-electron chi connectivity index (χ0n) is 12.1. The molecule has 20 heavy (non-hydrogen) atoms. The third-order valence-corrected chi connectivity index (χ3v) is 6.09. The van der Waals surface area contributed by atoms with Crippen molar-refractivity contribution in [1.82, 2.24) is 5.32 Å². The number of ether oxygens (including phenoxy) is 1. The van der Waals surface area contributed by atoms with E-state index in [1.54, 1.807) is 12.1 Å². The third-order valence-electron chi connectivity index (χ3n) is 3.76. The fourth-order valence-electron chi connectivity index (χ4n) is 2.62. The first kappa shape index (κ1) is 15.5. The van der Waals surface area contributed by atoms with Crippen LogP contribution < -0.4 is 5.32 Å². The molecule has 0 aliphatic carbocycles.